The van der Waals surface area contributed by atoms with Crippen molar-refractivity contribution in [3.63, 3.8) is 0 Å². The standard InChI is InChI=1S/C8H17ClN2O2S/c1-7-4-3-5-8(2)11(7)10-14(12,13)6-9/h7-8,10H,3-6H2,1-2H3. The number of hydrazine groups is 1. The molecule has 1 heterocycles. The fourth-order valence-corrected chi connectivity index (χ4v) is 2.66. The molecule has 0 aliphatic carbocycles. The Morgan fingerprint density at radius 3 is 2.29 bits per heavy atom. The molecular weight excluding hydrogens is 224 g/mol. The van der Waals surface area contributed by atoms with E-state index in [2.05, 4.69) is 4.83 Å². The fourth-order valence-electron chi connectivity index (χ4n) is 1.79. The van der Waals surface area contributed by atoms with Crippen molar-refractivity contribution in [2.75, 3.05) is 5.21 Å². The van der Waals surface area contributed by atoms with Crippen molar-refractivity contribution in [1.82, 2.24) is 9.84 Å². The van der Waals surface area contributed by atoms with Crippen LogP contribution in [-0.4, -0.2) is 30.7 Å². The van der Waals surface area contributed by atoms with Crippen molar-refractivity contribution in [2.24, 2.45) is 0 Å². The molecule has 6 heteroatoms. The summed E-state index contributed by atoms with van der Waals surface area (Å²) in [6.07, 6.45) is 3.20. The highest BCUT2D eigenvalue weighted by Gasteiger charge is 2.27. The highest BCUT2D eigenvalue weighted by Crippen LogP contribution is 2.20. The van der Waals surface area contributed by atoms with Crippen LogP contribution in [0.2, 0.25) is 0 Å². The number of sulfonamides is 1. The van der Waals surface area contributed by atoms with Crippen molar-refractivity contribution < 1.29 is 8.42 Å². The summed E-state index contributed by atoms with van der Waals surface area (Å²) in [6.45, 7) is 4.04. The van der Waals surface area contributed by atoms with Crippen LogP contribution in [0.5, 0.6) is 0 Å². The minimum Gasteiger partial charge on any atom is -0.225 e. The van der Waals surface area contributed by atoms with Crippen LogP contribution in [0, 0.1) is 0 Å². The summed E-state index contributed by atoms with van der Waals surface area (Å²) in [5.74, 6) is 0. The van der Waals surface area contributed by atoms with Crippen LogP contribution in [0.3, 0.4) is 0 Å². The van der Waals surface area contributed by atoms with Gasteiger partial charge in [-0.05, 0) is 26.7 Å². The first-order valence-corrected chi connectivity index (χ1v) is 6.99. The first kappa shape index (κ1) is 12.2. The Bertz CT molecular complexity index is 271. The third-order valence-corrected chi connectivity index (χ3v) is 4.22. The molecule has 2 unspecified atom stereocenters. The molecule has 0 spiro atoms. The van der Waals surface area contributed by atoms with E-state index in [1.54, 1.807) is 5.01 Å². The lowest BCUT2D eigenvalue weighted by atomic mass is 10.0. The minimum absolute atomic E-state index is 0.247. The lowest BCUT2D eigenvalue weighted by Crippen LogP contribution is -2.54. The third-order valence-electron chi connectivity index (χ3n) is 2.58. The van der Waals surface area contributed by atoms with Gasteiger partial charge in [-0.15, -0.1) is 16.4 Å². The van der Waals surface area contributed by atoms with E-state index >= 15 is 0 Å². The molecule has 1 aliphatic heterocycles. The molecule has 0 amide bonds. The molecule has 14 heavy (non-hydrogen) atoms. The van der Waals surface area contributed by atoms with E-state index < -0.39 is 10.0 Å². The lowest BCUT2D eigenvalue weighted by molar-refractivity contribution is 0.0792. The molecule has 1 N–H and O–H groups in total. The maximum absolute atomic E-state index is 11.3. The van der Waals surface area contributed by atoms with Gasteiger partial charge in [-0.2, -0.15) is 0 Å². The Balaban J connectivity index is 2.65. The van der Waals surface area contributed by atoms with Gasteiger partial charge in [0.2, 0.25) is 10.0 Å². The van der Waals surface area contributed by atoms with Crippen molar-refractivity contribution in [3.8, 4) is 0 Å². The first-order chi connectivity index (χ1) is 6.46. The normalized spacial score (nSPS) is 30.5. The van der Waals surface area contributed by atoms with Crippen molar-refractivity contribution in [2.45, 2.75) is 45.2 Å². The number of rotatable bonds is 3. The molecule has 84 valence electrons. The number of nitrogens with one attached hydrogen (secondary N) is 1. The molecule has 0 radical (unpaired) electrons. The Morgan fingerprint density at radius 1 is 1.36 bits per heavy atom. The van der Waals surface area contributed by atoms with E-state index in [1.165, 1.54) is 0 Å². The quantitative estimate of drug-likeness (QED) is 0.757. The molecule has 0 aromatic carbocycles. The Labute approximate surface area is 90.6 Å². The summed E-state index contributed by atoms with van der Waals surface area (Å²) in [5, 5.41) is 1.41. The van der Waals surface area contributed by atoms with Crippen LogP contribution in [0.1, 0.15) is 33.1 Å². The Kier molecular flexibility index (Phi) is 4.18. The fraction of sp³-hybridized carbons (Fsp3) is 1.00. The highest BCUT2D eigenvalue weighted by molar-refractivity contribution is 7.90. The second kappa shape index (κ2) is 4.79. The van der Waals surface area contributed by atoms with E-state index in [4.69, 9.17) is 11.6 Å². The summed E-state index contributed by atoms with van der Waals surface area (Å²) in [7, 11) is -3.34. The average Bonchev–Trinajstić information content (AvgIpc) is 2.12. The molecular formula is C8H17ClN2O2S. The summed E-state index contributed by atoms with van der Waals surface area (Å²) in [5.41, 5.74) is 0. The number of hydrogen-bond acceptors (Lipinski definition) is 3. The number of nitrogens with zero attached hydrogens (tertiary/aromatic N) is 1. The average molecular weight is 241 g/mol. The van der Waals surface area contributed by atoms with Gasteiger partial charge < -0.3 is 0 Å². The molecule has 0 bridgehead atoms. The van der Waals surface area contributed by atoms with Gasteiger partial charge in [0.05, 0.1) is 0 Å². The van der Waals surface area contributed by atoms with Crippen LogP contribution in [-0.2, 0) is 10.0 Å². The summed E-state index contributed by atoms with van der Waals surface area (Å²) >= 11 is 5.33. The lowest BCUT2D eigenvalue weighted by Gasteiger charge is -2.38. The smallest absolute Gasteiger partial charge is 0.225 e. The molecule has 0 aromatic heterocycles. The van der Waals surface area contributed by atoms with Gasteiger partial charge in [-0.1, -0.05) is 6.42 Å². The van der Waals surface area contributed by atoms with Gasteiger partial charge in [0.15, 0.2) is 0 Å². The molecule has 1 rings (SSSR count). The zero-order valence-electron chi connectivity index (χ0n) is 8.53. The zero-order chi connectivity index (χ0) is 10.8. The molecule has 1 saturated heterocycles. The predicted molar refractivity (Wildman–Crippen MR) is 57.4 cm³/mol. The monoisotopic (exact) mass is 240 g/mol. The summed E-state index contributed by atoms with van der Waals surface area (Å²) in [4.78, 5) is 2.52. The third kappa shape index (κ3) is 3.08. The van der Waals surface area contributed by atoms with Crippen LogP contribution in [0.25, 0.3) is 0 Å². The van der Waals surface area contributed by atoms with E-state index in [0.29, 0.717) is 0 Å². The maximum Gasteiger partial charge on any atom is 0.238 e. The Morgan fingerprint density at radius 2 is 1.86 bits per heavy atom. The van der Waals surface area contributed by atoms with Crippen molar-refractivity contribution in [3.05, 3.63) is 0 Å². The van der Waals surface area contributed by atoms with E-state index in [0.717, 1.165) is 19.3 Å². The van der Waals surface area contributed by atoms with Gasteiger partial charge in [0.25, 0.3) is 0 Å². The summed E-state index contributed by atoms with van der Waals surface area (Å²) < 4.78 is 22.5. The van der Waals surface area contributed by atoms with Crippen LogP contribution in [0.4, 0.5) is 0 Å². The molecule has 1 aliphatic rings. The molecule has 0 saturated carbocycles. The second-order valence-corrected chi connectivity index (χ2v) is 6.14. The first-order valence-electron chi connectivity index (χ1n) is 4.80. The van der Waals surface area contributed by atoms with E-state index in [1.807, 2.05) is 13.8 Å². The van der Waals surface area contributed by atoms with Crippen LogP contribution in [0.15, 0.2) is 0 Å². The number of halogens is 1. The zero-order valence-corrected chi connectivity index (χ0v) is 10.1. The number of piperidine rings is 1. The van der Waals surface area contributed by atoms with Gasteiger partial charge in [0.1, 0.15) is 5.21 Å². The molecule has 0 aromatic rings. The van der Waals surface area contributed by atoms with Gasteiger partial charge in [0, 0.05) is 12.1 Å². The predicted octanol–water partition coefficient (Wildman–Crippen LogP) is 1.28. The maximum atomic E-state index is 11.3. The molecule has 4 nitrogen and oxygen atoms in total. The Hall–Kier alpha value is 0.160. The highest BCUT2D eigenvalue weighted by atomic mass is 35.5. The van der Waals surface area contributed by atoms with E-state index in [-0.39, 0.29) is 17.3 Å². The topological polar surface area (TPSA) is 49.4 Å². The summed E-state index contributed by atoms with van der Waals surface area (Å²) in [6, 6.07) is 0.494. The van der Waals surface area contributed by atoms with Gasteiger partial charge in [-0.25, -0.2) is 13.4 Å². The van der Waals surface area contributed by atoms with Crippen LogP contribution < -0.4 is 4.83 Å². The largest absolute Gasteiger partial charge is 0.238 e. The number of hydrogen-bond donors (Lipinski definition) is 1. The van der Waals surface area contributed by atoms with Gasteiger partial charge in [-0.3, -0.25) is 0 Å². The molecule has 1 fully saturated rings. The van der Waals surface area contributed by atoms with Crippen LogP contribution >= 0.6 is 11.6 Å². The molecule has 2 atom stereocenters. The van der Waals surface area contributed by atoms with Gasteiger partial charge >= 0.3 is 0 Å². The SMILES string of the molecule is CC1CCCC(C)N1NS(=O)(=O)CCl. The second-order valence-electron chi connectivity index (χ2n) is 3.85. The number of alkyl halides is 1. The minimum atomic E-state index is -3.34. The van der Waals surface area contributed by atoms with E-state index in [9.17, 15) is 8.42 Å². The van der Waals surface area contributed by atoms with Crippen molar-refractivity contribution >= 4 is 21.6 Å². The van der Waals surface area contributed by atoms with Crippen molar-refractivity contribution in [1.29, 1.82) is 0 Å².